The van der Waals surface area contributed by atoms with Crippen LogP contribution in [-0.4, -0.2) is 36.9 Å². The lowest BCUT2D eigenvalue weighted by atomic mass is 9.96. The van der Waals surface area contributed by atoms with Gasteiger partial charge in [0.15, 0.2) is 11.9 Å². The van der Waals surface area contributed by atoms with Crippen molar-refractivity contribution < 1.29 is 19.2 Å². The largest absolute Gasteiger partial charge is 0.451 e. The lowest BCUT2D eigenvalue weighted by Gasteiger charge is -2.20. The van der Waals surface area contributed by atoms with Crippen molar-refractivity contribution in [1.82, 2.24) is 0 Å². The molecule has 1 saturated carbocycles. The summed E-state index contributed by atoms with van der Waals surface area (Å²) in [6, 6.07) is 4.15. The molecule has 7 nitrogen and oxygen atoms in total. The van der Waals surface area contributed by atoms with Crippen LogP contribution < -0.4 is 4.90 Å². The van der Waals surface area contributed by atoms with Crippen LogP contribution in [0.15, 0.2) is 18.2 Å². The van der Waals surface area contributed by atoms with Gasteiger partial charge in [-0.15, -0.1) is 0 Å². The molecule has 0 spiro atoms. The number of rotatable bonds is 4. The van der Waals surface area contributed by atoms with E-state index in [9.17, 15) is 19.7 Å². The second kappa shape index (κ2) is 6.55. The van der Waals surface area contributed by atoms with Gasteiger partial charge in [0.2, 0.25) is 0 Å². The number of hydrogen-bond donors (Lipinski definition) is 0. The van der Waals surface area contributed by atoms with Crippen molar-refractivity contribution in [2.45, 2.75) is 31.8 Å². The van der Waals surface area contributed by atoms with E-state index in [-0.39, 0.29) is 17.0 Å². The van der Waals surface area contributed by atoms with E-state index >= 15 is 0 Å². The Bertz CT molecular complexity index is 612. The first-order valence-corrected chi connectivity index (χ1v) is 7.09. The third-order valence-electron chi connectivity index (χ3n) is 3.64. The number of esters is 1. The van der Waals surface area contributed by atoms with Gasteiger partial charge in [-0.05, 0) is 31.4 Å². The number of ether oxygens (including phenoxy) is 1. The first-order chi connectivity index (χ1) is 10.4. The van der Waals surface area contributed by atoms with Crippen LogP contribution in [0.2, 0.25) is 0 Å². The molecule has 2 rings (SSSR count). The van der Waals surface area contributed by atoms with Crippen molar-refractivity contribution in [1.29, 1.82) is 0 Å². The van der Waals surface area contributed by atoms with E-state index in [1.807, 2.05) is 0 Å². The Morgan fingerprint density at radius 1 is 1.36 bits per heavy atom. The highest BCUT2D eigenvalue weighted by atomic mass is 16.6. The number of nitro groups is 1. The predicted octanol–water partition coefficient (Wildman–Crippen LogP) is 2.33. The summed E-state index contributed by atoms with van der Waals surface area (Å²) >= 11 is 0. The summed E-state index contributed by atoms with van der Waals surface area (Å²) in [6.07, 6.45) is 1.85. The van der Waals surface area contributed by atoms with Gasteiger partial charge in [-0.1, -0.05) is 0 Å². The van der Waals surface area contributed by atoms with Crippen molar-refractivity contribution in [3.8, 4) is 0 Å². The molecule has 1 aromatic carbocycles. The molecule has 0 N–H and O–H groups in total. The second-order valence-corrected chi connectivity index (χ2v) is 5.46. The molecule has 1 aliphatic rings. The molecule has 0 aromatic heterocycles. The highest BCUT2D eigenvalue weighted by molar-refractivity contribution is 5.94. The summed E-state index contributed by atoms with van der Waals surface area (Å²) < 4.78 is 5.20. The van der Waals surface area contributed by atoms with Gasteiger partial charge in [-0.2, -0.15) is 0 Å². The van der Waals surface area contributed by atoms with Crippen LogP contribution in [0.3, 0.4) is 0 Å². The molecule has 0 saturated heterocycles. The molecular formula is C15H18N2O5. The first-order valence-electron chi connectivity index (χ1n) is 7.09. The Labute approximate surface area is 128 Å². The summed E-state index contributed by atoms with van der Waals surface area (Å²) in [5.41, 5.74) is 0.306. The van der Waals surface area contributed by atoms with Gasteiger partial charge in [-0.25, -0.2) is 4.79 Å². The number of Topliss-reactive ketones (excluding diaryl/α,β-unsaturated/α-hetero) is 1. The number of benzene rings is 1. The van der Waals surface area contributed by atoms with E-state index in [4.69, 9.17) is 4.74 Å². The highest BCUT2D eigenvalue weighted by Gasteiger charge is 2.27. The maximum absolute atomic E-state index is 12.1. The van der Waals surface area contributed by atoms with Crippen LogP contribution in [0.25, 0.3) is 0 Å². The molecule has 1 aliphatic carbocycles. The molecule has 1 atom stereocenters. The smallest absolute Gasteiger partial charge is 0.339 e. The van der Waals surface area contributed by atoms with E-state index in [1.165, 1.54) is 18.2 Å². The number of anilines is 1. The van der Waals surface area contributed by atoms with Gasteiger partial charge in [0.1, 0.15) is 5.69 Å². The minimum atomic E-state index is -0.728. The molecule has 1 aromatic rings. The van der Waals surface area contributed by atoms with Crippen LogP contribution in [0, 0.1) is 10.1 Å². The standard InChI is InChI=1S/C15H18N2O5/c1-16(2)11-8-7-10(9-12(11)17(20)21)15(19)22-14-6-4-3-5-13(14)18/h7-9,14H,3-6H2,1-2H3/t14-/m0/s1. The highest BCUT2D eigenvalue weighted by Crippen LogP contribution is 2.28. The average molecular weight is 306 g/mol. The zero-order valence-electron chi connectivity index (χ0n) is 12.6. The molecule has 22 heavy (non-hydrogen) atoms. The molecule has 0 heterocycles. The SMILES string of the molecule is CN(C)c1ccc(C(=O)O[C@H]2CCCCC2=O)cc1[N+](=O)[O-]. The lowest BCUT2D eigenvalue weighted by Crippen LogP contribution is -2.30. The van der Waals surface area contributed by atoms with E-state index in [2.05, 4.69) is 0 Å². The van der Waals surface area contributed by atoms with Crippen molar-refractivity contribution in [2.75, 3.05) is 19.0 Å². The number of ketones is 1. The maximum atomic E-state index is 12.1. The number of nitro benzene ring substituents is 1. The minimum absolute atomic E-state index is 0.0793. The van der Waals surface area contributed by atoms with E-state index in [0.29, 0.717) is 18.5 Å². The van der Waals surface area contributed by atoms with Gasteiger partial charge >= 0.3 is 5.97 Å². The second-order valence-electron chi connectivity index (χ2n) is 5.46. The minimum Gasteiger partial charge on any atom is -0.451 e. The third-order valence-corrected chi connectivity index (χ3v) is 3.64. The van der Waals surface area contributed by atoms with Gasteiger partial charge in [0.25, 0.3) is 5.69 Å². The molecule has 0 unspecified atom stereocenters. The van der Waals surface area contributed by atoms with Crippen LogP contribution in [0.4, 0.5) is 11.4 Å². The van der Waals surface area contributed by atoms with Crippen molar-refractivity contribution in [3.05, 3.63) is 33.9 Å². The molecular weight excluding hydrogens is 288 g/mol. The summed E-state index contributed by atoms with van der Waals surface area (Å²) in [5.74, 6) is -0.785. The molecule has 7 heteroatoms. The van der Waals surface area contributed by atoms with E-state index in [0.717, 1.165) is 12.8 Å². The van der Waals surface area contributed by atoms with Crippen molar-refractivity contribution in [3.63, 3.8) is 0 Å². The van der Waals surface area contributed by atoms with E-state index in [1.54, 1.807) is 19.0 Å². The third kappa shape index (κ3) is 3.41. The Kier molecular flexibility index (Phi) is 4.75. The fourth-order valence-electron chi connectivity index (χ4n) is 2.45. The molecule has 1 fully saturated rings. The number of nitrogens with zero attached hydrogens (tertiary/aromatic N) is 2. The Balaban J connectivity index is 2.21. The molecule has 0 bridgehead atoms. The maximum Gasteiger partial charge on any atom is 0.339 e. The number of carbonyl (C=O) groups is 2. The zero-order chi connectivity index (χ0) is 16.3. The number of carbonyl (C=O) groups excluding carboxylic acids is 2. The Hall–Kier alpha value is -2.44. The van der Waals surface area contributed by atoms with Gasteiger partial charge < -0.3 is 9.64 Å². The first kappa shape index (κ1) is 15.9. The van der Waals surface area contributed by atoms with Crippen molar-refractivity contribution >= 4 is 23.1 Å². The molecule has 0 radical (unpaired) electrons. The number of hydrogen-bond acceptors (Lipinski definition) is 6. The summed E-state index contributed by atoms with van der Waals surface area (Å²) in [6.45, 7) is 0. The topological polar surface area (TPSA) is 89.8 Å². The molecule has 0 amide bonds. The van der Waals surface area contributed by atoms with Crippen LogP contribution in [-0.2, 0) is 9.53 Å². The Morgan fingerprint density at radius 2 is 2.09 bits per heavy atom. The summed E-state index contributed by atoms with van der Waals surface area (Å²) in [5, 5.41) is 11.1. The monoisotopic (exact) mass is 306 g/mol. The summed E-state index contributed by atoms with van der Waals surface area (Å²) in [4.78, 5) is 36.0. The Morgan fingerprint density at radius 3 is 2.68 bits per heavy atom. The fourth-order valence-corrected chi connectivity index (χ4v) is 2.45. The van der Waals surface area contributed by atoms with E-state index < -0.39 is 17.0 Å². The van der Waals surface area contributed by atoms with Gasteiger partial charge in [0.05, 0.1) is 10.5 Å². The quantitative estimate of drug-likeness (QED) is 0.482. The predicted molar refractivity (Wildman–Crippen MR) is 80.1 cm³/mol. The van der Waals surface area contributed by atoms with Gasteiger partial charge in [-0.3, -0.25) is 14.9 Å². The fraction of sp³-hybridized carbons (Fsp3) is 0.467. The van der Waals surface area contributed by atoms with Crippen LogP contribution >= 0.6 is 0 Å². The van der Waals surface area contributed by atoms with Gasteiger partial charge in [0, 0.05) is 26.6 Å². The van der Waals surface area contributed by atoms with Crippen molar-refractivity contribution in [2.24, 2.45) is 0 Å². The molecule has 0 aliphatic heterocycles. The normalized spacial score (nSPS) is 17.9. The average Bonchev–Trinajstić information content (AvgIpc) is 2.48. The summed E-state index contributed by atoms with van der Waals surface area (Å²) in [7, 11) is 3.36. The molecule has 118 valence electrons. The van der Waals surface area contributed by atoms with Crippen LogP contribution in [0.1, 0.15) is 36.0 Å². The van der Waals surface area contributed by atoms with Crippen LogP contribution in [0.5, 0.6) is 0 Å². The zero-order valence-corrected chi connectivity index (χ0v) is 12.6. The lowest BCUT2D eigenvalue weighted by molar-refractivity contribution is -0.384.